The van der Waals surface area contributed by atoms with Gasteiger partial charge in [-0.25, -0.2) is 4.79 Å². The third kappa shape index (κ3) is 8.31. The van der Waals surface area contributed by atoms with Crippen molar-refractivity contribution in [1.29, 1.82) is 0 Å². The van der Waals surface area contributed by atoms with Crippen LogP contribution in [0.2, 0.25) is 0 Å². The molecule has 4 N–H and O–H groups in total. The summed E-state index contributed by atoms with van der Waals surface area (Å²) < 4.78 is 6.33. The Kier molecular flexibility index (Phi) is 11.4. The van der Waals surface area contributed by atoms with E-state index < -0.39 is 42.1 Å². The van der Waals surface area contributed by atoms with Gasteiger partial charge in [0, 0.05) is 30.6 Å². The van der Waals surface area contributed by atoms with Crippen LogP contribution in [0.5, 0.6) is 0 Å². The van der Waals surface area contributed by atoms with E-state index in [1.54, 1.807) is 35.4 Å². The molecular weight excluding hydrogens is 700 g/mol. The number of ether oxygens (including phenoxy) is 1. The number of hydrogen-bond acceptors (Lipinski definition) is 8. The monoisotopic (exact) mass is 746 g/mol. The summed E-state index contributed by atoms with van der Waals surface area (Å²) in [7, 11) is 1.27. The first-order valence-corrected chi connectivity index (χ1v) is 18.9. The van der Waals surface area contributed by atoms with Crippen molar-refractivity contribution in [3.05, 3.63) is 108 Å². The summed E-state index contributed by atoms with van der Waals surface area (Å²) in [6.45, 7) is 0.441. The maximum absolute atomic E-state index is 14.4. The number of methoxy groups -OCH3 is 1. The number of rotatable bonds is 14. The van der Waals surface area contributed by atoms with Gasteiger partial charge in [-0.3, -0.25) is 28.5 Å². The number of nitrogens with one attached hydrogen (secondary N) is 4. The molecule has 3 aliphatic heterocycles. The standard InChI is InChI=1S/C42H46N6O7/c1-55-42(54)47-25-29(31-14-8-9-15-35(31)47)21-33(44-37(50)22-34-41(53)48-30-18-16-28(17-19-30)38(48)40(52)46-34)39(51)45-32(20-26-10-4-2-5-11-26)36(49)24-43-23-27-12-6-3-7-13-27/h2-15,25,28,30,32-34,38,43H,16-24H2,1H3,(H,44,50)(H,45,51)(H,46,52)/t28?,30?,32-,33+,34-,38-/m0/s1. The second kappa shape index (κ2) is 16.7. The van der Waals surface area contributed by atoms with Crippen LogP contribution < -0.4 is 21.3 Å². The van der Waals surface area contributed by atoms with Gasteiger partial charge in [-0.1, -0.05) is 78.9 Å². The Bertz CT molecular complexity index is 2060. The highest BCUT2D eigenvalue weighted by atomic mass is 16.5. The molecule has 1 aliphatic carbocycles. The van der Waals surface area contributed by atoms with Crippen LogP contribution in [0.4, 0.5) is 4.79 Å². The molecule has 1 aromatic heterocycles. The molecule has 55 heavy (non-hydrogen) atoms. The molecular formula is C42H46N6O7. The molecule has 13 heteroatoms. The molecule has 286 valence electrons. The molecule has 4 fully saturated rings. The molecule has 3 aromatic carbocycles. The molecule has 1 saturated carbocycles. The molecule has 4 aromatic rings. The van der Waals surface area contributed by atoms with Gasteiger partial charge in [0.25, 0.3) is 0 Å². The van der Waals surface area contributed by atoms with Crippen molar-refractivity contribution < 1.29 is 33.5 Å². The normalized spacial score (nSPS) is 21.3. The van der Waals surface area contributed by atoms with E-state index in [-0.39, 0.29) is 55.4 Å². The summed E-state index contributed by atoms with van der Waals surface area (Å²) in [4.78, 5) is 83.3. The van der Waals surface area contributed by atoms with Gasteiger partial charge in [0.2, 0.25) is 23.6 Å². The number of hydrogen-bond donors (Lipinski definition) is 4. The average Bonchev–Trinajstić information content (AvgIpc) is 3.58. The number of nitrogens with zero attached hydrogens (tertiary/aromatic N) is 2. The van der Waals surface area contributed by atoms with Crippen molar-refractivity contribution in [2.75, 3.05) is 13.7 Å². The van der Waals surface area contributed by atoms with Gasteiger partial charge in [-0.2, -0.15) is 0 Å². The van der Waals surface area contributed by atoms with E-state index in [0.717, 1.165) is 36.8 Å². The highest BCUT2D eigenvalue weighted by Gasteiger charge is 2.52. The Morgan fingerprint density at radius 3 is 2.20 bits per heavy atom. The van der Waals surface area contributed by atoms with Gasteiger partial charge >= 0.3 is 6.09 Å². The number of para-hydroxylation sites is 1. The van der Waals surface area contributed by atoms with Crippen LogP contribution in [0.3, 0.4) is 0 Å². The first-order chi connectivity index (χ1) is 26.7. The second-order valence-electron chi connectivity index (χ2n) is 14.7. The lowest BCUT2D eigenvalue weighted by molar-refractivity contribution is -0.163. The summed E-state index contributed by atoms with van der Waals surface area (Å²) in [6.07, 6.45) is 4.21. The van der Waals surface area contributed by atoms with E-state index >= 15 is 0 Å². The molecule has 4 aliphatic rings. The predicted molar refractivity (Wildman–Crippen MR) is 204 cm³/mol. The molecule has 4 amide bonds. The van der Waals surface area contributed by atoms with E-state index in [1.165, 1.54) is 11.7 Å². The molecule has 4 heterocycles. The fourth-order valence-electron chi connectivity index (χ4n) is 8.39. The number of amides is 4. The Labute approximate surface area is 319 Å². The van der Waals surface area contributed by atoms with E-state index in [2.05, 4.69) is 21.3 Å². The molecule has 13 nitrogen and oxygen atoms in total. The fourth-order valence-corrected chi connectivity index (χ4v) is 8.39. The Hall–Kier alpha value is -5.82. The van der Waals surface area contributed by atoms with Crippen LogP contribution >= 0.6 is 0 Å². The number of Topliss-reactive ketones (excluding diaryl/α,β-unsaturated/α-hetero) is 1. The zero-order valence-corrected chi connectivity index (χ0v) is 30.7. The number of carbonyl (C=O) groups excluding carboxylic acids is 6. The second-order valence-corrected chi connectivity index (χ2v) is 14.7. The largest absolute Gasteiger partial charge is 0.452 e. The quantitative estimate of drug-likeness (QED) is 0.153. The van der Waals surface area contributed by atoms with Gasteiger partial charge < -0.3 is 30.9 Å². The summed E-state index contributed by atoms with van der Waals surface area (Å²) in [5.41, 5.74) is 2.97. The lowest BCUT2D eigenvalue weighted by atomic mass is 9.73. The minimum absolute atomic E-state index is 0.0147. The molecule has 0 spiro atoms. The first kappa shape index (κ1) is 37.5. The van der Waals surface area contributed by atoms with Gasteiger partial charge in [-0.05, 0) is 60.8 Å². The van der Waals surface area contributed by atoms with Gasteiger partial charge in [0.15, 0.2) is 5.78 Å². The Morgan fingerprint density at radius 2 is 1.49 bits per heavy atom. The van der Waals surface area contributed by atoms with Crippen LogP contribution in [0, 0.1) is 5.92 Å². The number of fused-ring (bicyclic) bond motifs is 3. The van der Waals surface area contributed by atoms with Crippen molar-refractivity contribution in [1.82, 2.24) is 30.7 Å². The fraction of sp³-hybridized carbons (Fsp3) is 0.381. The van der Waals surface area contributed by atoms with Crippen molar-refractivity contribution in [2.24, 2.45) is 5.92 Å². The highest BCUT2D eigenvalue weighted by molar-refractivity contribution is 6.01. The molecule has 0 unspecified atom stereocenters. The lowest BCUT2D eigenvalue weighted by Gasteiger charge is -2.53. The predicted octanol–water partition coefficient (Wildman–Crippen LogP) is 3.03. The minimum atomic E-state index is -1.22. The van der Waals surface area contributed by atoms with Crippen molar-refractivity contribution >= 4 is 46.4 Å². The average molecular weight is 747 g/mol. The van der Waals surface area contributed by atoms with Crippen LogP contribution in [-0.2, 0) is 48.1 Å². The maximum Gasteiger partial charge on any atom is 0.418 e. The number of carbonyl (C=O) groups is 6. The third-order valence-corrected chi connectivity index (χ3v) is 11.1. The molecule has 8 rings (SSSR count). The van der Waals surface area contributed by atoms with E-state index in [4.69, 9.17) is 4.74 Å². The summed E-state index contributed by atoms with van der Waals surface area (Å²) >= 11 is 0. The Balaban J connectivity index is 1.12. The van der Waals surface area contributed by atoms with Crippen molar-refractivity contribution in [2.45, 2.75) is 81.7 Å². The van der Waals surface area contributed by atoms with Crippen molar-refractivity contribution in [3.63, 3.8) is 0 Å². The lowest BCUT2D eigenvalue weighted by Crippen LogP contribution is -2.71. The first-order valence-electron chi connectivity index (χ1n) is 18.9. The number of piperazine rings is 1. The SMILES string of the molecule is COC(=O)n1cc(C[C@@H](NC(=O)C[C@@H]2NC(=O)[C@@H]3C4CCC(CC4)N3C2=O)C(=O)N[C@@H](Cc2ccccc2)C(=O)CNCc2ccccc2)c2ccccc21. The van der Waals surface area contributed by atoms with E-state index in [9.17, 15) is 28.8 Å². The molecule has 3 saturated heterocycles. The summed E-state index contributed by atoms with van der Waals surface area (Å²) in [5.74, 6) is -1.90. The van der Waals surface area contributed by atoms with Crippen LogP contribution in [0.15, 0.2) is 91.1 Å². The van der Waals surface area contributed by atoms with Gasteiger partial charge in [-0.15, -0.1) is 0 Å². The highest BCUT2D eigenvalue weighted by Crippen LogP contribution is 2.41. The number of ketones is 1. The minimum Gasteiger partial charge on any atom is -0.452 e. The van der Waals surface area contributed by atoms with Crippen molar-refractivity contribution in [3.8, 4) is 0 Å². The summed E-state index contributed by atoms with van der Waals surface area (Å²) in [6, 6.07) is 22.3. The van der Waals surface area contributed by atoms with E-state index in [0.29, 0.717) is 23.0 Å². The maximum atomic E-state index is 14.4. The zero-order chi connectivity index (χ0) is 38.5. The Morgan fingerprint density at radius 1 is 0.818 bits per heavy atom. The molecule has 0 radical (unpaired) electrons. The third-order valence-electron chi connectivity index (χ3n) is 11.1. The smallest absolute Gasteiger partial charge is 0.418 e. The van der Waals surface area contributed by atoms with Crippen LogP contribution in [0.1, 0.15) is 48.8 Å². The van der Waals surface area contributed by atoms with E-state index in [1.807, 2.05) is 60.7 Å². The summed E-state index contributed by atoms with van der Waals surface area (Å²) in [5, 5.41) is 12.4. The topological polar surface area (TPSA) is 168 Å². The number of piperidine rings is 2. The van der Waals surface area contributed by atoms with Crippen LogP contribution in [-0.4, -0.2) is 88.8 Å². The zero-order valence-electron chi connectivity index (χ0n) is 30.7. The van der Waals surface area contributed by atoms with Gasteiger partial charge in [0.05, 0.1) is 31.6 Å². The number of aromatic nitrogens is 1. The molecule has 4 atom stereocenters. The van der Waals surface area contributed by atoms with Gasteiger partial charge in [0.1, 0.15) is 18.1 Å². The number of benzene rings is 3. The van der Waals surface area contributed by atoms with Crippen LogP contribution in [0.25, 0.3) is 10.9 Å². The molecule has 2 bridgehead atoms.